The molecule has 4 aromatic rings. The van der Waals surface area contributed by atoms with Crippen molar-refractivity contribution < 1.29 is 4.79 Å². The first-order chi connectivity index (χ1) is 14.1. The van der Waals surface area contributed by atoms with Crippen LogP contribution in [0, 0.1) is 0 Å². The van der Waals surface area contributed by atoms with Crippen molar-refractivity contribution in [3.63, 3.8) is 0 Å². The van der Waals surface area contributed by atoms with Gasteiger partial charge >= 0.3 is 0 Å². The molecule has 0 atom stereocenters. The zero-order valence-corrected chi connectivity index (χ0v) is 16.9. The maximum absolute atomic E-state index is 12.6. The Labute approximate surface area is 175 Å². The van der Waals surface area contributed by atoms with Gasteiger partial charge in [-0.05, 0) is 46.5 Å². The number of hydrogen-bond donors (Lipinski definition) is 1. The maximum atomic E-state index is 12.6. The van der Waals surface area contributed by atoms with Gasteiger partial charge in [0.1, 0.15) is 0 Å². The van der Waals surface area contributed by atoms with Gasteiger partial charge in [-0.1, -0.05) is 47.6 Å². The predicted molar refractivity (Wildman–Crippen MR) is 112 cm³/mol. The molecule has 1 amide bonds. The highest BCUT2D eigenvalue weighted by Gasteiger charge is 2.12. The fourth-order valence-corrected chi connectivity index (χ4v) is 3.38. The molecule has 1 N–H and O–H groups in total. The molecule has 29 heavy (non-hydrogen) atoms. The Morgan fingerprint density at radius 2 is 2.07 bits per heavy atom. The topological polar surface area (TPSA) is 90.5 Å². The molecular formula is C19H16ClN7OS. The Balaban J connectivity index is 1.48. The third-order valence-electron chi connectivity index (χ3n) is 4.16. The minimum atomic E-state index is -0.255. The van der Waals surface area contributed by atoms with E-state index in [0.717, 1.165) is 11.3 Å². The summed E-state index contributed by atoms with van der Waals surface area (Å²) in [6.45, 7) is 0.485. The number of carbonyl (C=O) groups excluding carboxylic acids is 1. The summed E-state index contributed by atoms with van der Waals surface area (Å²) in [6.07, 6.45) is 5.12. The standard InChI is InChI=1S/C19H16ClN7OS/c1-29-19-23-24-25-27(19)16-7-4-6-15(9-16)22-18(28)14-10-21-26(12-14)11-13-5-2-3-8-17(13)20/h2-10,12H,11H2,1H3,(H,22,28). The Morgan fingerprint density at radius 1 is 1.21 bits per heavy atom. The molecule has 0 fully saturated rings. The molecule has 2 aromatic carbocycles. The molecule has 0 spiro atoms. The molecule has 0 saturated heterocycles. The van der Waals surface area contributed by atoms with Crippen molar-refractivity contribution in [2.75, 3.05) is 11.6 Å². The summed E-state index contributed by atoms with van der Waals surface area (Å²) < 4.78 is 3.29. The van der Waals surface area contributed by atoms with Crippen LogP contribution in [0.15, 0.2) is 66.1 Å². The Kier molecular flexibility index (Phi) is 5.59. The van der Waals surface area contributed by atoms with Crippen LogP contribution in [-0.4, -0.2) is 42.2 Å². The first-order valence-electron chi connectivity index (χ1n) is 8.64. The quantitative estimate of drug-likeness (QED) is 0.475. The molecule has 2 aromatic heterocycles. The zero-order valence-electron chi connectivity index (χ0n) is 15.4. The first-order valence-corrected chi connectivity index (χ1v) is 10.2. The summed E-state index contributed by atoms with van der Waals surface area (Å²) >= 11 is 7.63. The van der Waals surface area contributed by atoms with E-state index in [1.807, 2.05) is 48.7 Å². The number of benzene rings is 2. The van der Waals surface area contributed by atoms with Gasteiger partial charge in [-0.25, -0.2) is 0 Å². The van der Waals surface area contributed by atoms with Crippen LogP contribution in [0.25, 0.3) is 5.69 Å². The number of carbonyl (C=O) groups is 1. The second-order valence-corrected chi connectivity index (χ2v) is 7.28. The van der Waals surface area contributed by atoms with Crippen LogP contribution < -0.4 is 5.32 Å². The number of halogens is 1. The van der Waals surface area contributed by atoms with E-state index < -0.39 is 0 Å². The van der Waals surface area contributed by atoms with Gasteiger partial charge in [0.25, 0.3) is 5.91 Å². The van der Waals surface area contributed by atoms with Crippen molar-refractivity contribution in [3.8, 4) is 5.69 Å². The summed E-state index contributed by atoms with van der Waals surface area (Å²) in [7, 11) is 0. The fraction of sp³-hybridized carbons (Fsp3) is 0.105. The Hall–Kier alpha value is -3.17. The molecule has 2 heterocycles. The lowest BCUT2D eigenvalue weighted by atomic mass is 10.2. The second kappa shape index (κ2) is 8.46. The van der Waals surface area contributed by atoms with Gasteiger partial charge in [-0.15, -0.1) is 5.10 Å². The number of tetrazole rings is 1. The Bertz CT molecular complexity index is 1160. The normalized spacial score (nSPS) is 10.8. The monoisotopic (exact) mass is 425 g/mol. The molecule has 0 bridgehead atoms. The van der Waals surface area contributed by atoms with Crippen LogP contribution in [0.4, 0.5) is 5.69 Å². The zero-order chi connectivity index (χ0) is 20.2. The number of aromatic nitrogens is 6. The average molecular weight is 426 g/mol. The van der Waals surface area contributed by atoms with Crippen molar-refractivity contribution in [1.29, 1.82) is 0 Å². The fourth-order valence-electron chi connectivity index (χ4n) is 2.76. The van der Waals surface area contributed by atoms with Crippen LogP contribution in [0.1, 0.15) is 15.9 Å². The predicted octanol–water partition coefficient (Wildman–Crippen LogP) is 3.53. The Morgan fingerprint density at radius 3 is 2.90 bits per heavy atom. The molecule has 0 aliphatic carbocycles. The van der Waals surface area contributed by atoms with E-state index in [2.05, 4.69) is 25.9 Å². The van der Waals surface area contributed by atoms with Gasteiger partial charge in [0.2, 0.25) is 5.16 Å². The molecule has 4 rings (SSSR count). The van der Waals surface area contributed by atoms with Gasteiger partial charge < -0.3 is 5.32 Å². The van der Waals surface area contributed by atoms with Crippen molar-refractivity contribution >= 4 is 35.0 Å². The van der Waals surface area contributed by atoms with Crippen LogP contribution in [0.2, 0.25) is 5.02 Å². The van der Waals surface area contributed by atoms with Gasteiger partial charge in [-0.2, -0.15) is 9.78 Å². The first kappa shape index (κ1) is 19.2. The smallest absolute Gasteiger partial charge is 0.258 e. The van der Waals surface area contributed by atoms with E-state index in [0.29, 0.717) is 28.0 Å². The van der Waals surface area contributed by atoms with E-state index in [9.17, 15) is 4.79 Å². The summed E-state index contributed by atoms with van der Waals surface area (Å²) in [6, 6.07) is 14.9. The van der Waals surface area contributed by atoms with Crippen molar-refractivity contribution in [2.24, 2.45) is 0 Å². The second-order valence-electron chi connectivity index (χ2n) is 6.10. The van der Waals surface area contributed by atoms with Gasteiger partial charge in [-0.3, -0.25) is 9.48 Å². The van der Waals surface area contributed by atoms with Crippen molar-refractivity contribution in [2.45, 2.75) is 11.7 Å². The van der Waals surface area contributed by atoms with Crippen LogP contribution >= 0.6 is 23.4 Å². The number of nitrogens with zero attached hydrogens (tertiary/aromatic N) is 6. The molecule has 0 radical (unpaired) electrons. The third kappa shape index (κ3) is 4.30. The summed E-state index contributed by atoms with van der Waals surface area (Å²) in [5.41, 5.74) is 2.78. The van der Waals surface area contributed by atoms with E-state index >= 15 is 0 Å². The van der Waals surface area contributed by atoms with Gasteiger partial charge in [0.15, 0.2) is 0 Å². The maximum Gasteiger partial charge on any atom is 0.258 e. The van der Waals surface area contributed by atoms with Crippen LogP contribution in [-0.2, 0) is 6.54 Å². The van der Waals surface area contributed by atoms with Crippen molar-refractivity contribution in [3.05, 3.63) is 77.1 Å². The minimum Gasteiger partial charge on any atom is -0.322 e. The lowest BCUT2D eigenvalue weighted by Gasteiger charge is -2.07. The highest BCUT2D eigenvalue weighted by atomic mass is 35.5. The molecule has 146 valence electrons. The molecule has 0 saturated carbocycles. The van der Waals surface area contributed by atoms with E-state index in [-0.39, 0.29) is 5.91 Å². The number of amides is 1. The lowest BCUT2D eigenvalue weighted by molar-refractivity contribution is 0.102. The molecule has 0 aliphatic rings. The van der Waals surface area contributed by atoms with Crippen LogP contribution in [0.5, 0.6) is 0 Å². The molecule has 8 nitrogen and oxygen atoms in total. The largest absolute Gasteiger partial charge is 0.322 e. The highest BCUT2D eigenvalue weighted by Crippen LogP contribution is 2.20. The third-order valence-corrected chi connectivity index (χ3v) is 5.15. The average Bonchev–Trinajstić information content (AvgIpc) is 3.39. The summed E-state index contributed by atoms with van der Waals surface area (Å²) in [4.78, 5) is 12.6. The van der Waals surface area contributed by atoms with Crippen molar-refractivity contribution in [1.82, 2.24) is 30.0 Å². The lowest BCUT2D eigenvalue weighted by Crippen LogP contribution is -2.11. The number of anilines is 1. The molecule has 10 heteroatoms. The number of nitrogens with one attached hydrogen (secondary N) is 1. The van der Waals surface area contributed by atoms with E-state index in [4.69, 9.17) is 11.6 Å². The summed E-state index contributed by atoms with van der Waals surface area (Å²) in [5, 5.41) is 20.1. The molecule has 0 unspecified atom stereocenters. The molecular weight excluding hydrogens is 410 g/mol. The van der Waals surface area contributed by atoms with Crippen LogP contribution in [0.3, 0.4) is 0 Å². The van der Waals surface area contributed by atoms with E-state index in [1.165, 1.54) is 18.0 Å². The highest BCUT2D eigenvalue weighted by molar-refractivity contribution is 7.98. The number of rotatable bonds is 6. The van der Waals surface area contributed by atoms with Gasteiger partial charge in [0.05, 0.1) is 24.0 Å². The SMILES string of the molecule is CSc1nnnn1-c1cccc(NC(=O)c2cnn(Cc3ccccc3Cl)c2)c1. The van der Waals surface area contributed by atoms with E-state index in [1.54, 1.807) is 21.6 Å². The number of thioether (sulfide) groups is 1. The van der Waals surface area contributed by atoms with Gasteiger partial charge in [0, 0.05) is 16.9 Å². The number of hydrogen-bond acceptors (Lipinski definition) is 6. The summed E-state index contributed by atoms with van der Waals surface area (Å²) in [5.74, 6) is -0.255. The molecule has 0 aliphatic heterocycles. The minimum absolute atomic E-state index is 0.255.